The number of carbonyl (C=O) groups is 2. The highest BCUT2D eigenvalue weighted by molar-refractivity contribution is 9.10. The number of hydrazine groups is 1. The van der Waals surface area contributed by atoms with Gasteiger partial charge in [0.05, 0.1) is 4.47 Å². The highest BCUT2D eigenvalue weighted by atomic mass is 79.9. The molecule has 0 aliphatic heterocycles. The Hall–Kier alpha value is -3.06. The highest BCUT2D eigenvalue weighted by Gasteiger charge is 2.10. The van der Waals surface area contributed by atoms with Gasteiger partial charge < -0.3 is 9.47 Å². The van der Waals surface area contributed by atoms with Crippen LogP contribution in [-0.2, 0) is 9.59 Å². The fourth-order valence-electron chi connectivity index (χ4n) is 2.63. The SMILES string of the molecule is Cc1ccc(OCC(=O)NNC(=O)COc2ccc3ccccc3c2Br)cc1C. The van der Waals surface area contributed by atoms with Gasteiger partial charge in [-0.1, -0.05) is 36.4 Å². The number of benzene rings is 3. The van der Waals surface area contributed by atoms with Crippen molar-refractivity contribution in [2.75, 3.05) is 13.2 Å². The molecule has 2 amide bonds. The summed E-state index contributed by atoms with van der Waals surface area (Å²) in [5.41, 5.74) is 6.83. The summed E-state index contributed by atoms with van der Waals surface area (Å²) >= 11 is 3.50. The van der Waals surface area contributed by atoms with Crippen LogP contribution in [0.15, 0.2) is 59.1 Å². The summed E-state index contributed by atoms with van der Waals surface area (Å²) in [6.07, 6.45) is 0. The van der Waals surface area contributed by atoms with Crippen molar-refractivity contribution in [3.05, 3.63) is 70.2 Å². The average molecular weight is 457 g/mol. The van der Waals surface area contributed by atoms with E-state index in [1.165, 1.54) is 0 Å². The highest BCUT2D eigenvalue weighted by Crippen LogP contribution is 2.32. The number of aryl methyl sites for hydroxylation is 2. The summed E-state index contributed by atoms with van der Waals surface area (Å²) in [6.45, 7) is 3.52. The molecule has 0 saturated carbocycles. The van der Waals surface area contributed by atoms with Gasteiger partial charge in [0.25, 0.3) is 11.8 Å². The quantitative estimate of drug-likeness (QED) is 0.552. The third-order valence-corrected chi connectivity index (χ3v) is 5.19. The second-order valence-corrected chi connectivity index (χ2v) is 7.31. The molecule has 0 aliphatic rings. The van der Waals surface area contributed by atoms with Gasteiger partial charge in [0.15, 0.2) is 13.2 Å². The predicted molar refractivity (Wildman–Crippen MR) is 115 cm³/mol. The van der Waals surface area contributed by atoms with Crippen molar-refractivity contribution >= 4 is 38.5 Å². The van der Waals surface area contributed by atoms with Gasteiger partial charge in [-0.3, -0.25) is 20.4 Å². The van der Waals surface area contributed by atoms with Gasteiger partial charge in [-0.15, -0.1) is 0 Å². The summed E-state index contributed by atoms with van der Waals surface area (Å²) < 4.78 is 11.7. The molecule has 0 radical (unpaired) electrons. The maximum absolute atomic E-state index is 11.9. The van der Waals surface area contributed by atoms with E-state index in [0.29, 0.717) is 11.5 Å². The lowest BCUT2D eigenvalue weighted by Gasteiger charge is -2.12. The first kappa shape index (κ1) is 20.7. The molecule has 29 heavy (non-hydrogen) atoms. The Morgan fingerprint density at radius 1 is 0.862 bits per heavy atom. The van der Waals surface area contributed by atoms with Crippen molar-refractivity contribution in [3.8, 4) is 11.5 Å². The van der Waals surface area contributed by atoms with Crippen LogP contribution in [0.1, 0.15) is 11.1 Å². The van der Waals surface area contributed by atoms with Crippen molar-refractivity contribution in [2.24, 2.45) is 0 Å². The van der Waals surface area contributed by atoms with Crippen molar-refractivity contribution in [3.63, 3.8) is 0 Å². The fraction of sp³-hybridized carbons (Fsp3) is 0.182. The molecule has 0 saturated heterocycles. The number of nitrogens with one attached hydrogen (secondary N) is 2. The molecule has 7 heteroatoms. The molecule has 2 N–H and O–H groups in total. The lowest BCUT2D eigenvalue weighted by atomic mass is 10.1. The first-order valence-corrected chi connectivity index (χ1v) is 9.81. The Kier molecular flexibility index (Phi) is 6.72. The molecule has 0 atom stereocenters. The maximum atomic E-state index is 11.9. The van der Waals surface area contributed by atoms with Gasteiger partial charge >= 0.3 is 0 Å². The third-order valence-electron chi connectivity index (χ3n) is 4.38. The molecule has 3 aromatic carbocycles. The standard InChI is InChI=1S/C22H21BrN2O4/c1-14-7-9-17(11-15(14)2)28-12-20(26)24-25-21(27)13-29-19-10-8-16-5-3-4-6-18(16)22(19)23/h3-11H,12-13H2,1-2H3,(H,24,26)(H,25,27). The largest absolute Gasteiger partial charge is 0.484 e. The van der Waals surface area contributed by atoms with E-state index in [-0.39, 0.29) is 13.2 Å². The normalized spacial score (nSPS) is 10.4. The number of rotatable bonds is 6. The van der Waals surface area contributed by atoms with E-state index in [0.717, 1.165) is 26.4 Å². The summed E-state index contributed by atoms with van der Waals surface area (Å²) in [7, 11) is 0. The van der Waals surface area contributed by atoms with Crippen LogP contribution >= 0.6 is 15.9 Å². The van der Waals surface area contributed by atoms with Crippen molar-refractivity contribution in [2.45, 2.75) is 13.8 Å². The van der Waals surface area contributed by atoms with Crippen molar-refractivity contribution < 1.29 is 19.1 Å². The molecule has 0 unspecified atom stereocenters. The number of ether oxygens (including phenoxy) is 2. The van der Waals surface area contributed by atoms with Gasteiger partial charge in [-0.25, -0.2) is 0 Å². The molecule has 0 aliphatic carbocycles. The van der Waals surface area contributed by atoms with Gasteiger partial charge in [-0.05, 0) is 69.9 Å². The number of fused-ring (bicyclic) bond motifs is 1. The second kappa shape index (κ2) is 9.43. The number of amides is 2. The third kappa shape index (κ3) is 5.48. The monoisotopic (exact) mass is 456 g/mol. The van der Waals surface area contributed by atoms with Crippen LogP contribution in [0.25, 0.3) is 10.8 Å². The van der Waals surface area contributed by atoms with Crippen LogP contribution in [0.4, 0.5) is 0 Å². The first-order valence-electron chi connectivity index (χ1n) is 9.02. The van der Waals surface area contributed by atoms with E-state index >= 15 is 0 Å². The fourth-order valence-corrected chi connectivity index (χ4v) is 3.24. The molecule has 6 nitrogen and oxygen atoms in total. The van der Waals surface area contributed by atoms with Crippen LogP contribution in [0, 0.1) is 13.8 Å². The van der Waals surface area contributed by atoms with E-state index in [1.807, 2.05) is 56.3 Å². The molecule has 0 bridgehead atoms. The van der Waals surface area contributed by atoms with E-state index < -0.39 is 11.8 Å². The van der Waals surface area contributed by atoms with Gasteiger partial charge in [-0.2, -0.15) is 0 Å². The van der Waals surface area contributed by atoms with Gasteiger partial charge in [0.2, 0.25) is 0 Å². The zero-order valence-corrected chi connectivity index (χ0v) is 17.7. The summed E-state index contributed by atoms with van der Waals surface area (Å²) in [5, 5.41) is 2.05. The molecular formula is C22H21BrN2O4. The lowest BCUT2D eigenvalue weighted by Crippen LogP contribution is -2.45. The maximum Gasteiger partial charge on any atom is 0.276 e. The van der Waals surface area contributed by atoms with E-state index in [2.05, 4.69) is 26.8 Å². The Morgan fingerprint density at radius 2 is 1.55 bits per heavy atom. The Labute approximate surface area is 177 Å². The minimum atomic E-state index is -0.482. The van der Waals surface area contributed by atoms with Crippen molar-refractivity contribution in [1.82, 2.24) is 10.9 Å². The van der Waals surface area contributed by atoms with Crippen molar-refractivity contribution in [1.29, 1.82) is 0 Å². The molecule has 0 fully saturated rings. The Morgan fingerprint density at radius 3 is 2.28 bits per heavy atom. The number of carbonyl (C=O) groups excluding carboxylic acids is 2. The van der Waals surface area contributed by atoms with E-state index in [9.17, 15) is 9.59 Å². The van der Waals surface area contributed by atoms with Crippen LogP contribution in [0.3, 0.4) is 0 Å². The summed E-state index contributed by atoms with van der Waals surface area (Å²) in [6, 6.07) is 17.1. The predicted octanol–water partition coefficient (Wildman–Crippen LogP) is 3.82. The second-order valence-electron chi connectivity index (χ2n) is 6.52. The average Bonchev–Trinajstić information content (AvgIpc) is 2.72. The topological polar surface area (TPSA) is 76.7 Å². The molecule has 150 valence electrons. The van der Waals surface area contributed by atoms with Gasteiger partial charge in [0.1, 0.15) is 11.5 Å². The van der Waals surface area contributed by atoms with Crippen LogP contribution in [-0.4, -0.2) is 25.0 Å². The summed E-state index contributed by atoms with van der Waals surface area (Å²) in [4.78, 5) is 23.8. The molecule has 3 aromatic rings. The number of hydrogen-bond acceptors (Lipinski definition) is 4. The Balaban J connectivity index is 1.44. The molecule has 3 rings (SSSR count). The minimum absolute atomic E-state index is 0.208. The molecule has 0 heterocycles. The molecule has 0 spiro atoms. The first-order chi connectivity index (χ1) is 13.9. The zero-order valence-electron chi connectivity index (χ0n) is 16.1. The lowest BCUT2D eigenvalue weighted by molar-refractivity contribution is -0.131. The summed E-state index contributed by atoms with van der Waals surface area (Å²) in [5.74, 6) is 0.190. The molecule has 0 aromatic heterocycles. The van der Waals surface area contributed by atoms with Crippen LogP contribution in [0.2, 0.25) is 0 Å². The van der Waals surface area contributed by atoms with Crippen LogP contribution < -0.4 is 20.3 Å². The molecular weight excluding hydrogens is 436 g/mol. The van der Waals surface area contributed by atoms with Gasteiger partial charge in [0, 0.05) is 0 Å². The van der Waals surface area contributed by atoms with Crippen LogP contribution in [0.5, 0.6) is 11.5 Å². The smallest absolute Gasteiger partial charge is 0.276 e. The minimum Gasteiger partial charge on any atom is -0.484 e. The zero-order chi connectivity index (χ0) is 20.8. The number of hydrogen-bond donors (Lipinski definition) is 2. The Bertz CT molecular complexity index is 1050. The van der Waals surface area contributed by atoms with E-state index in [4.69, 9.17) is 9.47 Å². The number of halogens is 1. The van der Waals surface area contributed by atoms with E-state index in [1.54, 1.807) is 12.1 Å².